The molecular formula is C5H4N6O2S2. The number of esters is 1. The number of tetrazole rings is 1. The van der Waals surface area contributed by atoms with Crippen molar-refractivity contribution in [1.29, 1.82) is 0 Å². The van der Waals surface area contributed by atoms with Crippen LogP contribution >= 0.6 is 23.6 Å². The number of aromatic nitrogens is 6. The average Bonchev–Trinajstić information content (AvgIpc) is 2.77. The van der Waals surface area contributed by atoms with Gasteiger partial charge in [-0.05, 0) is 28.8 Å². The van der Waals surface area contributed by atoms with Crippen molar-refractivity contribution in [2.75, 3.05) is 0 Å². The summed E-state index contributed by atoms with van der Waals surface area (Å²) in [6.45, 7) is -0.119. The Morgan fingerprint density at radius 1 is 1.73 bits per heavy atom. The smallest absolute Gasteiger partial charge is 0.337 e. The number of aromatic amines is 1. The first kappa shape index (κ1) is 9.86. The van der Waals surface area contributed by atoms with Crippen LogP contribution in [0, 0.1) is 3.95 Å². The molecule has 0 aliphatic carbocycles. The lowest BCUT2D eigenvalue weighted by Gasteiger charge is -1.97. The van der Waals surface area contributed by atoms with Crippen LogP contribution in [-0.2, 0) is 11.3 Å². The molecule has 0 saturated heterocycles. The summed E-state index contributed by atoms with van der Waals surface area (Å²) in [6.07, 6.45) is 1.23. The molecule has 2 aromatic heterocycles. The molecule has 15 heavy (non-hydrogen) atoms. The van der Waals surface area contributed by atoms with E-state index in [9.17, 15) is 4.79 Å². The molecule has 8 nitrogen and oxygen atoms in total. The molecule has 0 spiro atoms. The monoisotopic (exact) mass is 244 g/mol. The third kappa shape index (κ3) is 2.63. The molecule has 0 radical (unpaired) electrons. The molecule has 0 saturated carbocycles. The van der Waals surface area contributed by atoms with Gasteiger partial charge in [0.05, 0.1) is 0 Å². The van der Waals surface area contributed by atoms with Gasteiger partial charge in [-0.25, -0.2) is 4.79 Å². The molecule has 0 bridgehead atoms. The first-order chi connectivity index (χ1) is 7.24. The van der Waals surface area contributed by atoms with Crippen molar-refractivity contribution >= 4 is 29.5 Å². The van der Waals surface area contributed by atoms with Crippen molar-refractivity contribution in [3.8, 4) is 5.19 Å². The van der Waals surface area contributed by atoms with Crippen LogP contribution in [0.25, 0.3) is 0 Å². The van der Waals surface area contributed by atoms with Gasteiger partial charge in [-0.3, -0.25) is 5.10 Å². The van der Waals surface area contributed by atoms with E-state index in [-0.39, 0.29) is 11.7 Å². The van der Waals surface area contributed by atoms with Crippen molar-refractivity contribution in [3.05, 3.63) is 10.3 Å². The average molecular weight is 244 g/mol. The Balaban J connectivity index is 1.96. The lowest BCUT2D eigenvalue weighted by Crippen LogP contribution is -2.18. The second-order valence-electron chi connectivity index (χ2n) is 2.32. The highest BCUT2D eigenvalue weighted by Crippen LogP contribution is 2.13. The summed E-state index contributed by atoms with van der Waals surface area (Å²) in [7, 11) is 0. The topological polar surface area (TPSA) is 98.6 Å². The summed E-state index contributed by atoms with van der Waals surface area (Å²) in [6, 6.07) is 0. The zero-order valence-electron chi connectivity index (χ0n) is 7.15. The molecule has 2 rings (SSSR count). The first-order valence-electron chi connectivity index (χ1n) is 3.71. The standard InChI is InChI=1S/C5H4N6O2S2/c12-3(1-11-7-2-6-10-11)13-4-8-9-5(14)15-4/h2H,1H2,(H,9,14). The van der Waals surface area contributed by atoms with Crippen molar-refractivity contribution < 1.29 is 9.53 Å². The lowest BCUT2D eigenvalue weighted by molar-refractivity contribution is -0.135. The minimum atomic E-state index is -0.536. The maximum absolute atomic E-state index is 11.3. The number of hydrogen-bond donors (Lipinski definition) is 1. The van der Waals surface area contributed by atoms with Gasteiger partial charge in [0.2, 0.25) is 0 Å². The molecule has 0 atom stereocenters. The van der Waals surface area contributed by atoms with Gasteiger partial charge >= 0.3 is 11.2 Å². The van der Waals surface area contributed by atoms with E-state index in [0.717, 1.165) is 16.1 Å². The molecule has 0 amide bonds. The lowest BCUT2D eigenvalue weighted by atomic mass is 10.7. The van der Waals surface area contributed by atoms with Gasteiger partial charge in [-0.2, -0.15) is 4.80 Å². The molecule has 0 aromatic carbocycles. The fourth-order valence-electron chi connectivity index (χ4n) is 0.766. The predicted octanol–water partition coefficient (Wildman–Crippen LogP) is -0.207. The summed E-state index contributed by atoms with van der Waals surface area (Å²) in [5, 5.41) is 16.9. The first-order valence-corrected chi connectivity index (χ1v) is 4.93. The maximum atomic E-state index is 11.3. The molecule has 0 unspecified atom stereocenters. The molecular weight excluding hydrogens is 240 g/mol. The van der Waals surface area contributed by atoms with Crippen molar-refractivity contribution in [3.63, 3.8) is 0 Å². The number of hydrogen-bond acceptors (Lipinski definition) is 8. The van der Waals surface area contributed by atoms with Crippen LogP contribution in [0.5, 0.6) is 5.19 Å². The predicted molar refractivity (Wildman–Crippen MR) is 50.8 cm³/mol. The Labute approximate surface area is 91.9 Å². The minimum Gasteiger partial charge on any atom is -0.395 e. The van der Waals surface area contributed by atoms with E-state index in [1.165, 1.54) is 6.33 Å². The van der Waals surface area contributed by atoms with Crippen LogP contribution in [0.4, 0.5) is 0 Å². The Morgan fingerprint density at radius 3 is 3.20 bits per heavy atom. The number of rotatable bonds is 3. The number of ether oxygens (including phenoxy) is 1. The zero-order valence-corrected chi connectivity index (χ0v) is 8.79. The van der Waals surface area contributed by atoms with Crippen LogP contribution in [0.3, 0.4) is 0 Å². The Bertz CT molecular complexity index is 502. The summed E-state index contributed by atoms with van der Waals surface area (Å²) >= 11 is 5.84. The quantitative estimate of drug-likeness (QED) is 0.589. The third-order valence-electron chi connectivity index (χ3n) is 1.28. The van der Waals surface area contributed by atoms with Gasteiger partial charge in [0, 0.05) is 0 Å². The number of carbonyl (C=O) groups excluding carboxylic acids is 1. The summed E-state index contributed by atoms with van der Waals surface area (Å²) in [5.74, 6) is -0.536. The highest BCUT2D eigenvalue weighted by Gasteiger charge is 2.09. The van der Waals surface area contributed by atoms with E-state index in [2.05, 4.69) is 25.6 Å². The second kappa shape index (κ2) is 4.23. The molecule has 0 fully saturated rings. The van der Waals surface area contributed by atoms with E-state index in [1.54, 1.807) is 0 Å². The van der Waals surface area contributed by atoms with Crippen LogP contribution in [0.2, 0.25) is 0 Å². The molecule has 2 heterocycles. The Morgan fingerprint density at radius 2 is 2.60 bits per heavy atom. The number of nitrogens with one attached hydrogen (secondary N) is 1. The molecule has 0 aliphatic heterocycles. The summed E-state index contributed by atoms with van der Waals surface area (Å²) in [5.41, 5.74) is 0. The zero-order chi connectivity index (χ0) is 10.7. The fraction of sp³-hybridized carbons (Fsp3) is 0.200. The van der Waals surface area contributed by atoms with Crippen molar-refractivity contribution in [1.82, 2.24) is 30.4 Å². The van der Waals surface area contributed by atoms with E-state index in [1.807, 2.05) is 0 Å². The van der Waals surface area contributed by atoms with Crippen LogP contribution in [-0.4, -0.2) is 36.4 Å². The highest BCUT2D eigenvalue weighted by molar-refractivity contribution is 7.73. The van der Waals surface area contributed by atoms with Gasteiger partial charge in [0.25, 0.3) is 0 Å². The van der Waals surface area contributed by atoms with Gasteiger partial charge in [0.1, 0.15) is 0 Å². The molecule has 0 aliphatic rings. The largest absolute Gasteiger partial charge is 0.395 e. The number of carbonyl (C=O) groups is 1. The minimum absolute atomic E-state index is 0.119. The second-order valence-corrected chi connectivity index (χ2v) is 3.95. The van der Waals surface area contributed by atoms with Crippen LogP contribution < -0.4 is 4.74 Å². The van der Waals surface area contributed by atoms with E-state index >= 15 is 0 Å². The van der Waals surface area contributed by atoms with Gasteiger partial charge in [0.15, 0.2) is 16.8 Å². The van der Waals surface area contributed by atoms with Gasteiger partial charge in [-0.1, -0.05) is 0 Å². The molecule has 78 valence electrons. The SMILES string of the molecule is O=C(Cn1ncnn1)Oc1n[nH]c(=S)s1. The maximum Gasteiger partial charge on any atom is 0.337 e. The van der Waals surface area contributed by atoms with E-state index in [0.29, 0.717) is 3.95 Å². The molecule has 2 aromatic rings. The van der Waals surface area contributed by atoms with Gasteiger partial charge < -0.3 is 4.74 Å². The number of H-pyrrole nitrogens is 1. The molecule has 10 heteroatoms. The van der Waals surface area contributed by atoms with E-state index < -0.39 is 5.97 Å². The number of nitrogens with zero attached hydrogens (tertiary/aromatic N) is 5. The van der Waals surface area contributed by atoms with Crippen LogP contribution in [0.15, 0.2) is 6.33 Å². The summed E-state index contributed by atoms with van der Waals surface area (Å²) < 4.78 is 5.29. The van der Waals surface area contributed by atoms with Crippen LogP contribution in [0.1, 0.15) is 0 Å². The fourth-order valence-corrected chi connectivity index (χ4v) is 1.50. The molecule has 1 N–H and O–H groups in total. The Kier molecular flexibility index (Phi) is 2.78. The normalized spacial score (nSPS) is 10.1. The van der Waals surface area contributed by atoms with Gasteiger partial charge in [-0.15, -0.1) is 15.3 Å². The third-order valence-corrected chi connectivity index (χ3v) is 2.25. The van der Waals surface area contributed by atoms with Crippen molar-refractivity contribution in [2.24, 2.45) is 0 Å². The Hall–Kier alpha value is -1.68. The highest BCUT2D eigenvalue weighted by atomic mass is 32.1. The van der Waals surface area contributed by atoms with E-state index in [4.69, 9.17) is 17.0 Å². The summed E-state index contributed by atoms with van der Waals surface area (Å²) in [4.78, 5) is 12.4. The van der Waals surface area contributed by atoms with Crippen molar-refractivity contribution in [2.45, 2.75) is 6.54 Å².